The monoisotopic (exact) mass is 443 g/mol. The molecule has 2 aliphatic rings. The van der Waals surface area contributed by atoms with Crippen molar-refractivity contribution in [3.8, 4) is 0 Å². The number of rotatable bonds is 6. The van der Waals surface area contributed by atoms with Crippen molar-refractivity contribution in [3.63, 3.8) is 0 Å². The number of para-hydroxylation sites is 1. The number of piperidine rings is 1. The molecule has 1 saturated heterocycles. The third-order valence-electron chi connectivity index (χ3n) is 5.36. The predicted molar refractivity (Wildman–Crippen MR) is 120 cm³/mol. The molecule has 8 heteroatoms. The van der Waals surface area contributed by atoms with Crippen molar-refractivity contribution in [1.82, 2.24) is 10.2 Å². The molecule has 1 fully saturated rings. The molecule has 1 N–H and O–H groups in total. The van der Waals surface area contributed by atoms with E-state index in [0.717, 1.165) is 30.6 Å². The van der Waals surface area contributed by atoms with Gasteiger partial charge >= 0.3 is 0 Å². The molecule has 1 aromatic carbocycles. The highest BCUT2D eigenvalue weighted by molar-refractivity contribution is 8.01. The van der Waals surface area contributed by atoms with Crippen molar-refractivity contribution in [2.24, 2.45) is 0 Å². The fourth-order valence-corrected chi connectivity index (χ4v) is 5.69. The maximum absolute atomic E-state index is 13.2. The van der Waals surface area contributed by atoms with Gasteiger partial charge in [0.15, 0.2) is 5.25 Å². The largest absolute Gasteiger partial charge is 0.354 e. The highest BCUT2D eigenvalue weighted by Crippen LogP contribution is 2.39. The van der Waals surface area contributed by atoms with Gasteiger partial charge in [0, 0.05) is 29.4 Å². The first-order valence-corrected chi connectivity index (χ1v) is 12.0. The molecule has 0 aliphatic carbocycles. The van der Waals surface area contributed by atoms with Gasteiger partial charge in [-0.15, -0.1) is 23.1 Å². The number of hydrogen-bond acceptors (Lipinski definition) is 5. The fourth-order valence-electron chi connectivity index (χ4n) is 3.80. The van der Waals surface area contributed by atoms with Gasteiger partial charge in [0.25, 0.3) is 5.91 Å². The summed E-state index contributed by atoms with van der Waals surface area (Å²) in [5.41, 5.74) is 0.698. The quantitative estimate of drug-likeness (QED) is 0.697. The lowest BCUT2D eigenvalue weighted by Crippen LogP contribution is -2.52. The molecule has 1 unspecified atom stereocenters. The van der Waals surface area contributed by atoms with E-state index in [1.54, 1.807) is 16.2 Å². The van der Waals surface area contributed by atoms with Gasteiger partial charge in [-0.25, -0.2) is 0 Å². The van der Waals surface area contributed by atoms with Gasteiger partial charge in [-0.3, -0.25) is 14.4 Å². The SMILES string of the molecule is O=C(CN1C(=O)C(C(=O)N2CCCCC2)Sc2ccccc21)NCCc1cccs1. The molecule has 2 aromatic rings. The van der Waals surface area contributed by atoms with Crippen LogP contribution in [0.3, 0.4) is 0 Å². The van der Waals surface area contributed by atoms with Crippen LogP contribution in [0.5, 0.6) is 0 Å². The zero-order chi connectivity index (χ0) is 20.9. The first kappa shape index (κ1) is 20.9. The molecule has 4 rings (SSSR count). The summed E-state index contributed by atoms with van der Waals surface area (Å²) < 4.78 is 0. The van der Waals surface area contributed by atoms with E-state index in [0.29, 0.717) is 25.3 Å². The van der Waals surface area contributed by atoms with E-state index in [-0.39, 0.29) is 24.3 Å². The second-order valence-corrected chi connectivity index (χ2v) is 9.63. The van der Waals surface area contributed by atoms with Gasteiger partial charge in [0.2, 0.25) is 11.8 Å². The van der Waals surface area contributed by atoms with Crippen molar-refractivity contribution in [2.75, 3.05) is 31.1 Å². The lowest BCUT2D eigenvalue weighted by Gasteiger charge is -2.36. The number of anilines is 1. The maximum Gasteiger partial charge on any atom is 0.250 e. The standard InChI is InChI=1S/C22H25N3O3S2/c26-19(23-11-10-16-7-6-14-29-16)15-25-17-8-2-3-9-18(17)30-20(22(25)28)21(27)24-12-4-1-5-13-24/h2-3,6-9,14,20H,1,4-5,10-13,15H2,(H,23,26). The number of carbonyl (C=O) groups excluding carboxylic acids is 3. The van der Waals surface area contributed by atoms with E-state index >= 15 is 0 Å². The third kappa shape index (κ3) is 4.70. The summed E-state index contributed by atoms with van der Waals surface area (Å²) in [5.74, 6) is -0.657. The molecule has 1 aromatic heterocycles. The van der Waals surface area contributed by atoms with Crippen LogP contribution in [0.1, 0.15) is 24.1 Å². The number of hydrogen-bond donors (Lipinski definition) is 1. The summed E-state index contributed by atoms with van der Waals surface area (Å²) in [6.45, 7) is 1.85. The minimum absolute atomic E-state index is 0.0787. The van der Waals surface area contributed by atoms with Crippen LogP contribution in [0.4, 0.5) is 5.69 Å². The fraction of sp³-hybridized carbons (Fsp3) is 0.409. The molecule has 30 heavy (non-hydrogen) atoms. The van der Waals surface area contributed by atoms with Crippen LogP contribution in [0.25, 0.3) is 0 Å². The summed E-state index contributed by atoms with van der Waals surface area (Å²) in [5, 5.41) is 4.09. The van der Waals surface area contributed by atoms with E-state index in [2.05, 4.69) is 5.32 Å². The smallest absolute Gasteiger partial charge is 0.250 e. The second kappa shape index (κ2) is 9.66. The average molecular weight is 444 g/mol. The lowest BCUT2D eigenvalue weighted by atomic mass is 10.1. The first-order valence-electron chi connectivity index (χ1n) is 10.3. The molecular weight excluding hydrogens is 418 g/mol. The Labute approximate surface area is 184 Å². The Morgan fingerprint density at radius 3 is 2.63 bits per heavy atom. The molecule has 3 amide bonds. The summed E-state index contributed by atoms with van der Waals surface area (Å²) >= 11 is 2.96. The summed E-state index contributed by atoms with van der Waals surface area (Å²) in [7, 11) is 0. The zero-order valence-corrected chi connectivity index (χ0v) is 18.3. The Morgan fingerprint density at radius 2 is 1.87 bits per heavy atom. The number of carbonyl (C=O) groups is 3. The van der Waals surface area contributed by atoms with Gasteiger partial charge in [0.05, 0.1) is 5.69 Å². The topological polar surface area (TPSA) is 69.7 Å². The highest BCUT2D eigenvalue weighted by atomic mass is 32.2. The van der Waals surface area contributed by atoms with Crippen molar-refractivity contribution < 1.29 is 14.4 Å². The lowest BCUT2D eigenvalue weighted by molar-refractivity contribution is -0.135. The Bertz CT molecular complexity index is 910. The van der Waals surface area contributed by atoms with Gasteiger partial charge in [-0.05, 0) is 49.3 Å². The van der Waals surface area contributed by atoms with Gasteiger partial charge in [0.1, 0.15) is 6.54 Å². The third-order valence-corrected chi connectivity index (χ3v) is 7.53. The number of nitrogens with one attached hydrogen (secondary N) is 1. The minimum Gasteiger partial charge on any atom is -0.354 e. The minimum atomic E-state index is -0.822. The summed E-state index contributed by atoms with van der Waals surface area (Å²) in [6.07, 6.45) is 3.84. The molecule has 1 atom stereocenters. The van der Waals surface area contributed by atoms with E-state index < -0.39 is 5.25 Å². The molecular formula is C22H25N3O3S2. The summed E-state index contributed by atoms with van der Waals surface area (Å²) in [4.78, 5) is 44.2. The average Bonchev–Trinajstić information content (AvgIpc) is 3.29. The molecule has 158 valence electrons. The van der Waals surface area contributed by atoms with Crippen LogP contribution in [0.15, 0.2) is 46.7 Å². The van der Waals surface area contributed by atoms with Crippen LogP contribution in [-0.2, 0) is 20.8 Å². The maximum atomic E-state index is 13.2. The zero-order valence-electron chi connectivity index (χ0n) is 16.7. The first-order chi connectivity index (χ1) is 14.6. The number of likely N-dealkylation sites (tertiary alicyclic amines) is 1. The number of fused-ring (bicyclic) bond motifs is 1. The van der Waals surface area contributed by atoms with Crippen LogP contribution in [0, 0.1) is 0 Å². The molecule has 0 radical (unpaired) electrons. The normalized spacial score (nSPS) is 18.8. The van der Waals surface area contributed by atoms with E-state index in [1.165, 1.54) is 21.5 Å². The van der Waals surface area contributed by atoms with Crippen LogP contribution in [0.2, 0.25) is 0 Å². The van der Waals surface area contributed by atoms with Crippen LogP contribution >= 0.6 is 23.1 Å². The molecule has 2 aliphatic heterocycles. The Morgan fingerprint density at radius 1 is 1.07 bits per heavy atom. The Balaban J connectivity index is 1.45. The molecule has 0 spiro atoms. The van der Waals surface area contributed by atoms with E-state index in [1.807, 2.05) is 41.8 Å². The van der Waals surface area contributed by atoms with Crippen molar-refractivity contribution in [3.05, 3.63) is 46.7 Å². The predicted octanol–water partition coefficient (Wildman–Crippen LogP) is 2.93. The van der Waals surface area contributed by atoms with Gasteiger partial charge in [-0.2, -0.15) is 0 Å². The molecule has 0 saturated carbocycles. The van der Waals surface area contributed by atoms with Crippen molar-refractivity contribution >= 4 is 46.5 Å². The van der Waals surface area contributed by atoms with Crippen LogP contribution < -0.4 is 10.2 Å². The number of thioether (sulfide) groups is 1. The van der Waals surface area contributed by atoms with Crippen molar-refractivity contribution in [2.45, 2.75) is 35.8 Å². The van der Waals surface area contributed by atoms with Gasteiger partial charge in [-0.1, -0.05) is 18.2 Å². The van der Waals surface area contributed by atoms with Crippen molar-refractivity contribution in [1.29, 1.82) is 0 Å². The Hall–Kier alpha value is -2.32. The highest BCUT2D eigenvalue weighted by Gasteiger charge is 2.40. The number of nitrogens with zero attached hydrogens (tertiary/aromatic N) is 2. The van der Waals surface area contributed by atoms with Crippen LogP contribution in [-0.4, -0.2) is 54.1 Å². The molecule has 3 heterocycles. The molecule has 6 nitrogen and oxygen atoms in total. The second-order valence-electron chi connectivity index (χ2n) is 7.46. The number of thiophene rings is 1. The number of benzene rings is 1. The van der Waals surface area contributed by atoms with E-state index in [9.17, 15) is 14.4 Å². The number of amides is 3. The Kier molecular flexibility index (Phi) is 6.74. The summed E-state index contributed by atoms with van der Waals surface area (Å²) in [6, 6.07) is 11.5. The van der Waals surface area contributed by atoms with Gasteiger partial charge < -0.3 is 15.1 Å². The molecule has 0 bridgehead atoms. The van der Waals surface area contributed by atoms with E-state index in [4.69, 9.17) is 0 Å².